The van der Waals surface area contributed by atoms with Crippen LogP contribution in [0.5, 0.6) is 11.5 Å². The van der Waals surface area contributed by atoms with Crippen LogP contribution in [0.3, 0.4) is 0 Å². The van der Waals surface area contributed by atoms with Crippen LogP contribution in [0.2, 0.25) is 5.02 Å². The lowest BCUT2D eigenvalue weighted by molar-refractivity contribution is -0.119. The van der Waals surface area contributed by atoms with Gasteiger partial charge in [-0.05, 0) is 42.0 Å². The molecular formula is C17H16ClN3O4. The first kappa shape index (κ1) is 18.3. The molecule has 130 valence electrons. The lowest BCUT2D eigenvalue weighted by atomic mass is 10.2. The fourth-order valence-electron chi connectivity index (χ4n) is 1.89. The molecule has 25 heavy (non-hydrogen) atoms. The SMILES string of the molecule is COc1cc(/C=N\NC(=O)c2cccc(Cl)c2)ccc1OCC(N)=O. The summed E-state index contributed by atoms with van der Waals surface area (Å²) in [6, 6.07) is 11.5. The Hall–Kier alpha value is -3.06. The molecule has 0 saturated heterocycles. The number of primary amides is 1. The quantitative estimate of drug-likeness (QED) is 0.581. The topological polar surface area (TPSA) is 103 Å². The van der Waals surface area contributed by atoms with Gasteiger partial charge < -0.3 is 15.2 Å². The molecule has 0 saturated carbocycles. The Morgan fingerprint density at radius 1 is 1.24 bits per heavy atom. The summed E-state index contributed by atoms with van der Waals surface area (Å²) in [5.41, 5.74) is 8.51. The van der Waals surface area contributed by atoms with Gasteiger partial charge in [0.05, 0.1) is 13.3 Å². The lowest BCUT2D eigenvalue weighted by Gasteiger charge is -2.09. The summed E-state index contributed by atoms with van der Waals surface area (Å²) in [4.78, 5) is 22.7. The largest absolute Gasteiger partial charge is 0.493 e. The van der Waals surface area contributed by atoms with Crippen molar-refractivity contribution in [1.82, 2.24) is 5.43 Å². The highest BCUT2D eigenvalue weighted by molar-refractivity contribution is 6.30. The zero-order valence-corrected chi connectivity index (χ0v) is 14.1. The highest BCUT2D eigenvalue weighted by atomic mass is 35.5. The molecule has 2 amide bonds. The van der Waals surface area contributed by atoms with Gasteiger partial charge >= 0.3 is 0 Å². The van der Waals surface area contributed by atoms with Gasteiger partial charge in [-0.1, -0.05) is 17.7 Å². The number of nitrogens with one attached hydrogen (secondary N) is 1. The Morgan fingerprint density at radius 2 is 2.04 bits per heavy atom. The van der Waals surface area contributed by atoms with E-state index in [1.807, 2.05) is 0 Å². The summed E-state index contributed by atoms with van der Waals surface area (Å²) in [5.74, 6) is -0.184. The van der Waals surface area contributed by atoms with E-state index in [4.69, 9.17) is 26.8 Å². The van der Waals surface area contributed by atoms with Gasteiger partial charge in [0.15, 0.2) is 18.1 Å². The van der Waals surface area contributed by atoms with Gasteiger partial charge in [-0.2, -0.15) is 5.10 Å². The van der Waals surface area contributed by atoms with Crippen LogP contribution in [0.15, 0.2) is 47.6 Å². The Morgan fingerprint density at radius 3 is 2.72 bits per heavy atom. The molecule has 0 aliphatic carbocycles. The molecule has 0 spiro atoms. The van der Waals surface area contributed by atoms with Crippen LogP contribution in [0.4, 0.5) is 0 Å². The molecule has 3 N–H and O–H groups in total. The standard InChI is InChI=1S/C17H16ClN3O4/c1-24-15-7-11(5-6-14(15)25-10-16(19)22)9-20-21-17(23)12-3-2-4-13(18)8-12/h2-9H,10H2,1H3,(H2,19,22)(H,21,23)/b20-9-. The molecule has 2 aromatic carbocycles. The summed E-state index contributed by atoms with van der Waals surface area (Å²) in [7, 11) is 1.47. The summed E-state index contributed by atoms with van der Waals surface area (Å²) in [5, 5.41) is 4.35. The van der Waals surface area contributed by atoms with E-state index < -0.39 is 5.91 Å². The Balaban J connectivity index is 2.03. The van der Waals surface area contributed by atoms with E-state index in [2.05, 4.69) is 10.5 Å². The first-order valence-electron chi connectivity index (χ1n) is 7.17. The van der Waals surface area contributed by atoms with Gasteiger partial charge in [-0.15, -0.1) is 0 Å². The second-order valence-corrected chi connectivity index (χ2v) is 5.31. The number of rotatable bonds is 7. The number of hydrogen-bond acceptors (Lipinski definition) is 5. The molecule has 0 aromatic heterocycles. The molecular weight excluding hydrogens is 346 g/mol. The van der Waals surface area contributed by atoms with Crippen molar-refractivity contribution in [3.63, 3.8) is 0 Å². The molecule has 0 unspecified atom stereocenters. The first-order valence-corrected chi connectivity index (χ1v) is 7.55. The van der Waals surface area contributed by atoms with Crippen molar-refractivity contribution >= 4 is 29.6 Å². The van der Waals surface area contributed by atoms with Gasteiger partial charge in [-0.25, -0.2) is 5.43 Å². The molecule has 7 nitrogen and oxygen atoms in total. The number of nitrogens with zero attached hydrogens (tertiary/aromatic N) is 1. The summed E-state index contributed by atoms with van der Waals surface area (Å²) < 4.78 is 10.4. The number of amides is 2. The van der Waals surface area contributed by atoms with Gasteiger partial charge in [0.1, 0.15) is 0 Å². The third kappa shape index (κ3) is 5.50. The van der Waals surface area contributed by atoms with E-state index in [1.165, 1.54) is 13.3 Å². The fourth-order valence-corrected chi connectivity index (χ4v) is 2.08. The Kier molecular flexibility index (Phi) is 6.36. The summed E-state index contributed by atoms with van der Waals surface area (Å²) in [6.45, 7) is -0.251. The van der Waals surface area contributed by atoms with Crippen LogP contribution in [0, 0.1) is 0 Å². The zero-order chi connectivity index (χ0) is 18.2. The van der Waals surface area contributed by atoms with Crippen molar-refractivity contribution in [2.24, 2.45) is 10.8 Å². The van der Waals surface area contributed by atoms with E-state index in [0.29, 0.717) is 27.6 Å². The maximum Gasteiger partial charge on any atom is 0.271 e. The van der Waals surface area contributed by atoms with Crippen molar-refractivity contribution in [1.29, 1.82) is 0 Å². The van der Waals surface area contributed by atoms with E-state index >= 15 is 0 Å². The summed E-state index contributed by atoms with van der Waals surface area (Å²) in [6.07, 6.45) is 1.45. The molecule has 0 fully saturated rings. The number of hydrogen-bond donors (Lipinski definition) is 2. The average Bonchev–Trinajstić information content (AvgIpc) is 2.60. The molecule has 8 heteroatoms. The smallest absolute Gasteiger partial charge is 0.271 e. The van der Waals surface area contributed by atoms with Crippen LogP contribution < -0.4 is 20.6 Å². The molecule has 2 aromatic rings. The maximum absolute atomic E-state index is 11.9. The molecule has 0 radical (unpaired) electrons. The zero-order valence-electron chi connectivity index (χ0n) is 13.4. The normalized spacial score (nSPS) is 10.5. The van der Waals surface area contributed by atoms with Gasteiger partial charge in [0.25, 0.3) is 11.8 Å². The Bertz CT molecular complexity index is 808. The van der Waals surface area contributed by atoms with Crippen molar-refractivity contribution in [2.45, 2.75) is 0 Å². The molecule has 0 heterocycles. The number of ether oxygens (including phenoxy) is 2. The second kappa shape index (κ2) is 8.70. The lowest BCUT2D eigenvalue weighted by Crippen LogP contribution is -2.20. The van der Waals surface area contributed by atoms with E-state index in [-0.39, 0.29) is 12.5 Å². The van der Waals surface area contributed by atoms with Gasteiger partial charge in [-0.3, -0.25) is 9.59 Å². The van der Waals surface area contributed by atoms with Crippen LogP contribution in [0.1, 0.15) is 15.9 Å². The highest BCUT2D eigenvalue weighted by Crippen LogP contribution is 2.27. The third-order valence-electron chi connectivity index (χ3n) is 3.02. The minimum absolute atomic E-state index is 0.251. The van der Waals surface area contributed by atoms with Gasteiger partial charge in [0, 0.05) is 10.6 Å². The summed E-state index contributed by atoms with van der Waals surface area (Å²) >= 11 is 5.84. The fraction of sp³-hybridized carbons (Fsp3) is 0.118. The van der Waals surface area contributed by atoms with E-state index in [9.17, 15) is 9.59 Å². The van der Waals surface area contributed by atoms with Crippen LogP contribution in [0.25, 0.3) is 0 Å². The third-order valence-corrected chi connectivity index (χ3v) is 3.26. The average molecular weight is 362 g/mol. The van der Waals surface area contributed by atoms with E-state index in [0.717, 1.165) is 0 Å². The minimum Gasteiger partial charge on any atom is -0.493 e. The number of benzene rings is 2. The van der Waals surface area contributed by atoms with Crippen molar-refractivity contribution in [3.8, 4) is 11.5 Å². The number of carbonyl (C=O) groups is 2. The number of carbonyl (C=O) groups excluding carboxylic acids is 2. The molecule has 2 rings (SSSR count). The first-order chi connectivity index (χ1) is 12.0. The van der Waals surface area contributed by atoms with Crippen LogP contribution in [-0.2, 0) is 4.79 Å². The number of halogens is 1. The predicted molar refractivity (Wildman–Crippen MR) is 94.2 cm³/mol. The second-order valence-electron chi connectivity index (χ2n) is 4.87. The molecule has 0 bridgehead atoms. The molecule has 0 atom stereocenters. The van der Waals surface area contributed by atoms with E-state index in [1.54, 1.807) is 42.5 Å². The molecule has 0 aliphatic rings. The number of methoxy groups -OCH3 is 1. The highest BCUT2D eigenvalue weighted by Gasteiger charge is 2.07. The number of nitrogens with two attached hydrogens (primary N) is 1. The van der Waals surface area contributed by atoms with Crippen molar-refractivity contribution < 1.29 is 19.1 Å². The number of hydrazone groups is 1. The predicted octanol–water partition coefficient (Wildman–Crippen LogP) is 1.98. The van der Waals surface area contributed by atoms with Crippen molar-refractivity contribution in [3.05, 3.63) is 58.6 Å². The van der Waals surface area contributed by atoms with Crippen LogP contribution >= 0.6 is 11.6 Å². The monoisotopic (exact) mass is 361 g/mol. The van der Waals surface area contributed by atoms with Crippen LogP contribution in [-0.4, -0.2) is 31.7 Å². The minimum atomic E-state index is -0.587. The Labute approximate surface area is 149 Å². The van der Waals surface area contributed by atoms with Gasteiger partial charge in [0.2, 0.25) is 0 Å². The maximum atomic E-state index is 11.9. The van der Waals surface area contributed by atoms with Crippen molar-refractivity contribution in [2.75, 3.05) is 13.7 Å². The molecule has 0 aliphatic heterocycles.